The third-order valence-electron chi connectivity index (χ3n) is 2.19. The lowest BCUT2D eigenvalue weighted by Gasteiger charge is -2.09. The first-order valence-corrected chi connectivity index (χ1v) is 5.91. The van der Waals surface area contributed by atoms with Gasteiger partial charge >= 0.3 is 0 Å². The Morgan fingerprint density at radius 3 is 3.07 bits per heavy atom. The molecule has 15 heavy (non-hydrogen) atoms. The number of aliphatic hydroxyl groups excluding tert-OH is 1. The van der Waals surface area contributed by atoms with Gasteiger partial charge in [-0.2, -0.15) is 0 Å². The average molecular weight is 243 g/mol. The minimum absolute atomic E-state index is 0.656. The van der Waals surface area contributed by atoms with Crippen LogP contribution >= 0.6 is 22.9 Å². The van der Waals surface area contributed by atoms with Gasteiger partial charge in [0, 0.05) is 29.2 Å². The van der Waals surface area contributed by atoms with Crippen LogP contribution in [0.2, 0.25) is 5.02 Å². The molecule has 1 atom stereocenters. The number of imidazole rings is 1. The van der Waals surface area contributed by atoms with Crippen LogP contribution in [-0.4, -0.2) is 14.7 Å². The summed E-state index contributed by atoms with van der Waals surface area (Å²) < 4.78 is 1.91. The highest BCUT2D eigenvalue weighted by Crippen LogP contribution is 2.28. The topological polar surface area (TPSA) is 38.0 Å². The third-order valence-corrected chi connectivity index (χ3v) is 3.52. The first kappa shape index (κ1) is 10.7. The number of aliphatic hydroxyl groups is 1. The number of thiophene rings is 1. The lowest BCUT2D eigenvalue weighted by atomic mass is 10.3. The molecule has 0 spiro atoms. The first-order valence-electron chi connectivity index (χ1n) is 4.65. The maximum atomic E-state index is 10.1. The third kappa shape index (κ3) is 2.07. The van der Waals surface area contributed by atoms with Crippen molar-refractivity contribution in [2.45, 2.75) is 19.6 Å². The van der Waals surface area contributed by atoms with Crippen LogP contribution in [0.3, 0.4) is 0 Å². The summed E-state index contributed by atoms with van der Waals surface area (Å²) in [6, 6.07) is 1.77. The van der Waals surface area contributed by atoms with Crippen molar-refractivity contribution in [3.8, 4) is 0 Å². The van der Waals surface area contributed by atoms with Gasteiger partial charge in [0.05, 0.1) is 5.02 Å². The Labute approximate surface area is 97.0 Å². The molecule has 0 aliphatic carbocycles. The van der Waals surface area contributed by atoms with Crippen LogP contribution in [0.25, 0.3) is 0 Å². The van der Waals surface area contributed by atoms with Gasteiger partial charge in [0.1, 0.15) is 11.9 Å². The lowest BCUT2D eigenvalue weighted by molar-refractivity contribution is 0.208. The van der Waals surface area contributed by atoms with E-state index < -0.39 is 6.10 Å². The summed E-state index contributed by atoms with van der Waals surface area (Å²) in [5.41, 5.74) is 0. The molecule has 0 saturated heterocycles. The number of rotatable bonds is 3. The molecule has 0 radical (unpaired) electrons. The van der Waals surface area contributed by atoms with Gasteiger partial charge in [-0.05, 0) is 13.0 Å². The minimum Gasteiger partial charge on any atom is -0.380 e. The second-order valence-corrected chi connectivity index (χ2v) is 4.52. The average Bonchev–Trinajstić information content (AvgIpc) is 2.84. The van der Waals surface area contributed by atoms with Gasteiger partial charge in [-0.25, -0.2) is 4.98 Å². The van der Waals surface area contributed by atoms with Gasteiger partial charge in [-0.1, -0.05) is 11.6 Å². The van der Waals surface area contributed by atoms with E-state index in [4.69, 9.17) is 11.6 Å². The van der Waals surface area contributed by atoms with Crippen LogP contribution in [0.15, 0.2) is 23.8 Å². The van der Waals surface area contributed by atoms with Gasteiger partial charge < -0.3 is 9.67 Å². The van der Waals surface area contributed by atoms with Crippen LogP contribution in [0.1, 0.15) is 23.7 Å². The van der Waals surface area contributed by atoms with Crippen LogP contribution in [0.4, 0.5) is 0 Å². The van der Waals surface area contributed by atoms with Gasteiger partial charge in [0.2, 0.25) is 0 Å². The fraction of sp³-hybridized carbons (Fsp3) is 0.300. The zero-order chi connectivity index (χ0) is 10.8. The monoisotopic (exact) mass is 242 g/mol. The molecule has 2 aromatic heterocycles. The zero-order valence-corrected chi connectivity index (χ0v) is 9.79. The molecule has 5 heteroatoms. The Kier molecular flexibility index (Phi) is 3.09. The van der Waals surface area contributed by atoms with Crippen LogP contribution in [0.5, 0.6) is 0 Å². The second-order valence-electron chi connectivity index (χ2n) is 3.14. The summed E-state index contributed by atoms with van der Waals surface area (Å²) in [6.45, 7) is 2.81. The molecule has 3 nitrogen and oxygen atoms in total. The molecule has 80 valence electrons. The van der Waals surface area contributed by atoms with Crippen LogP contribution in [0, 0.1) is 0 Å². The van der Waals surface area contributed by atoms with E-state index >= 15 is 0 Å². The molecule has 1 N–H and O–H groups in total. The second kappa shape index (κ2) is 4.35. The summed E-state index contributed by atoms with van der Waals surface area (Å²) >= 11 is 7.25. The number of nitrogens with zero attached hydrogens (tertiary/aromatic N) is 2. The van der Waals surface area contributed by atoms with Crippen molar-refractivity contribution in [3.05, 3.63) is 39.6 Å². The number of aryl methyl sites for hydroxylation is 1. The van der Waals surface area contributed by atoms with Crippen molar-refractivity contribution in [2.75, 3.05) is 0 Å². The smallest absolute Gasteiger partial charge is 0.146 e. The van der Waals surface area contributed by atoms with Crippen molar-refractivity contribution in [1.29, 1.82) is 0 Å². The fourth-order valence-corrected chi connectivity index (χ4v) is 2.50. The maximum Gasteiger partial charge on any atom is 0.146 e. The number of halogens is 1. The van der Waals surface area contributed by atoms with E-state index in [1.54, 1.807) is 17.6 Å². The van der Waals surface area contributed by atoms with Gasteiger partial charge in [0.25, 0.3) is 0 Å². The Morgan fingerprint density at radius 1 is 1.67 bits per heavy atom. The molecule has 1 unspecified atom stereocenters. The summed E-state index contributed by atoms with van der Waals surface area (Å²) in [5.74, 6) is 0.663. The molecule has 2 rings (SSSR count). The van der Waals surface area contributed by atoms with Crippen molar-refractivity contribution in [2.24, 2.45) is 0 Å². The number of hydrogen-bond acceptors (Lipinski definition) is 3. The fourth-order valence-electron chi connectivity index (χ4n) is 1.43. The largest absolute Gasteiger partial charge is 0.380 e. The van der Waals surface area contributed by atoms with Crippen molar-refractivity contribution < 1.29 is 5.11 Å². The highest BCUT2D eigenvalue weighted by atomic mass is 35.5. The van der Waals surface area contributed by atoms with E-state index in [1.165, 1.54) is 11.3 Å². The molecule has 0 aromatic carbocycles. The summed E-state index contributed by atoms with van der Waals surface area (Å²) in [6.07, 6.45) is 2.86. The number of hydrogen-bond donors (Lipinski definition) is 1. The molecule has 0 saturated carbocycles. The molecule has 2 aromatic rings. The normalized spacial score (nSPS) is 13.0. The van der Waals surface area contributed by atoms with Crippen LogP contribution < -0.4 is 0 Å². The highest BCUT2D eigenvalue weighted by Gasteiger charge is 2.17. The predicted molar refractivity (Wildman–Crippen MR) is 61.3 cm³/mol. The molecule has 0 fully saturated rings. The predicted octanol–water partition coefficient (Wildman–Crippen LogP) is 2.70. The van der Waals surface area contributed by atoms with E-state index in [1.807, 2.05) is 17.7 Å². The summed E-state index contributed by atoms with van der Waals surface area (Å²) in [5, 5.41) is 12.5. The Balaban J connectivity index is 2.31. The first-order chi connectivity index (χ1) is 7.22. The maximum absolute atomic E-state index is 10.1. The van der Waals surface area contributed by atoms with Crippen molar-refractivity contribution >= 4 is 22.9 Å². The molecule has 2 heterocycles. The lowest BCUT2D eigenvalue weighted by Crippen LogP contribution is -2.07. The van der Waals surface area contributed by atoms with Gasteiger partial charge in [-0.3, -0.25) is 0 Å². The molecular weight excluding hydrogens is 232 g/mol. The molecule has 0 bridgehead atoms. The zero-order valence-electron chi connectivity index (χ0n) is 8.22. The number of aromatic nitrogens is 2. The van der Waals surface area contributed by atoms with E-state index in [2.05, 4.69) is 4.98 Å². The molecule has 0 aliphatic rings. The standard InChI is InChI=1S/C10H11ClN2OS/c1-2-13-4-3-12-10(13)9(14)8-5-7(11)6-15-8/h3-6,9,14H,2H2,1H3. The minimum atomic E-state index is -0.683. The van der Waals surface area contributed by atoms with Crippen LogP contribution in [-0.2, 0) is 6.54 Å². The Bertz CT molecular complexity index is 452. The summed E-state index contributed by atoms with van der Waals surface area (Å²) in [7, 11) is 0. The summed E-state index contributed by atoms with van der Waals surface area (Å²) in [4.78, 5) is 4.97. The quantitative estimate of drug-likeness (QED) is 0.899. The van der Waals surface area contributed by atoms with E-state index in [-0.39, 0.29) is 0 Å². The van der Waals surface area contributed by atoms with E-state index in [0.717, 1.165) is 11.4 Å². The van der Waals surface area contributed by atoms with Gasteiger partial charge in [0.15, 0.2) is 0 Å². The van der Waals surface area contributed by atoms with Gasteiger partial charge in [-0.15, -0.1) is 11.3 Å². The Hall–Kier alpha value is -0.840. The Morgan fingerprint density at radius 2 is 2.47 bits per heavy atom. The molecule has 0 amide bonds. The molecule has 0 aliphatic heterocycles. The highest BCUT2D eigenvalue weighted by molar-refractivity contribution is 7.10. The van der Waals surface area contributed by atoms with Crippen molar-refractivity contribution in [3.63, 3.8) is 0 Å². The van der Waals surface area contributed by atoms with E-state index in [9.17, 15) is 5.11 Å². The van der Waals surface area contributed by atoms with Crippen molar-refractivity contribution in [1.82, 2.24) is 9.55 Å². The van der Waals surface area contributed by atoms with E-state index in [0.29, 0.717) is 10.8 Å². The SMILES string of the molecule is CCn1ccnc1C(O)c1cc(Cl)cs1. The molecular formula is C10H11ClN2OS.